The first-order chi connectivity index (χ1) is 14.7. The lowest BCUT2D eigenvalue weighted by Gasteiger charge is -2.22. The molecule has 0 radical (unpaired) electrons. The zero-order chi connectivity index (χ0) is 20.8. The van der Waals surface area contributed by atoms with Crippen LogP contribution >= 0.6 is 0 Å². The summed E-state index contributed by atoms with van der Waals surface area (Å²) in [6, 6.07) is 3.31. The lowest BCUT2D eigenvalue weighted by molar-refractivity contribution is -0.120. The van der Waals surface area contributed by atoms with E-state index < -0.39 is 5.82 Å². The number of halogens is 1. The van der Waals surface area contributed by atoms with Gasteiger partial charge >= 0.3 is 0 Å². The van der Waals surface area contributed by atoms with Crippen molar-refractivity contribution in [3.05, 3.63) is 30.3 Å². The Labute approximate surface area is 175 Å². The summed E-state index contributed by atoms with van der Waals surface area (Å²) in [7, 11) is 0. The fraction of sp³-hybridized carbons (Fsp3) is 0.524. The van der Waals surface area contributed by atoms with E-state index in [1.807, 2.05) is 0 Å². The van der Waals surface area contributed by atoms with Crippen molar-refractivity contribution >= 4 is 17.5 Å². The normalized spacial score (nSPS) is 20.0. The molecule has 0 unspecified atom stereocenters. The third kappa shape index (κ3) is 5.28. The van der Waals surface area contributed by atoms with E-state index in [2.05, 4.69) is 31.1 Å². The zero-order valence-electron chi connectivity index (χ0n) is 16.9. The molecule has 0 aromatic carbocycles. The molecule has 8 nitrogen and oxygen atoms in total. The Kier molecular flexibility index (Phi) is 6.81. The summed E-state index contributed by atoms with van der Waals surface area (Å²) in [5.74, 6) is 0.773. The number of hydrogen-bond acceptors (Lipinski definition) is 7. The summed E-state index contributed by atoms with van der Waals surface area (Å²) >= 11 is 0. The number of pyridine rings is 1. The molecule has 2 aliphatic heterocycles. The lowest BCUT2D eigenvalue weighted by Crippen LogP contribution is -2.37. The Morgan fingerprint density at radius 2 is 2.07 bits per heavy atom. The number of rotatable bonds is 6. The summed E-state index contributed by atoms with van der Waals surface area (Å²) in [5.41, 5.74) is 0.903. The molecule has 9 heteroatoms. The number of ether oxygens (including phenoxy) is 1. The third-order valence-corrected chi connectivity index (χ3v) is 5.65. The van der Waals surface area contributed by atoms with Gasteiger partial charge in [0.1, 0.15) is 17.5 Å². The molecular formula is C21H27FN6O2. The first kappa shape index (κ1) is 20.6. The molecule has 2 saturated heterocycles. The van der Waals surface area contributed by atoms with E-state index in [1.165, 1.54) is 6.20 Å². The number of amides is 1. The summed E-state index contributed by atoms with van der Waals surface area (Å²) in [6.07, 6.45) is 6.46. The Balaban J connectivity index is 1.45. The van der Waals surface area contributed by atoms with Crippen LogP contribution < -0.4 is 16.0 Å². The molecule has 1 amide bonds. The molecule has 0 bridgehead atoms. The lowest BCUT2D eigenvalue weighted by atomic mass is 9.99. The number of anilines is 2. The van der Waals surface area contributed by atoms with Gasteiger partial charge in [-0.3, -0.25) is 4.79 Å². The maximum atomic E-state index is 14.5. The van der Waals surface area contributed by atoms with E-state index in [-0.39, 0.29) is 11.8 Å². The minimum atomic E-state index is -0.476. The van der Waals surface area contributed by atoms with Crippen LogP contribution in [0, 0.1) is 17.7 Å². The topological polar surface area (TPSA) is 101 Å². The zero-order valence-corrected chi connectivity index (χ0v) is 16.9. The van der Waals surface area contributed by atoms with Crippen molar-refractivity contribution in [1.29, 1.82) is 0 Å². The standard InChI is InChI=1S/C21H27FN6O2/c22-18-13-25-19(27-21(29)15-2-1-5-23-11-15)9-17(18)16-8-20(28-26-12-16)24-10-14-3-6-30-7-4-14/h8-9,12-15,23H,1-7,10-11H2,(H,24,28)(H,25,27,29)/t15-/m1/s1. The number of aromatic nitrogens is 3. The SMILES string of the molecule is O=C(Nc1cc(-c2cnnc(NCC3CCOCC3)c2)c(F)cn1)[C@@H]1CCCNC1. The van der Waals surface area contributed by atoms with Crippen LogP contribution in [0.4, 0.5) is 16.0 Å². The fourth-order valence-corrected chi connectivity index (χ4v) is 3.83. The highest BCUT2D eigenvalue weighted by molar-refractivity contribution is 5.92. The first-order valence-corrected chi connectivity index (χ1v) is 10.5. The molecule has 2 aromatic heterocycles. The third-order valence-electron chi connectivity index (χ3n) is 5.65. The van der Waals surface area contributed by atoms with Gasteiger partial charge in [0.05, 0.1) is 18.3 Å². The smallest absolute Gasteiger partial charge is 0.229 e. The highest BCUT2D eigenvalue weighted by Crippen LogP contribution is 2.26. The number of nitrogens with one attached hydrogen (secondary N) is 3. The predicted molar refractivity (Wildman–Crippen MR) is 111 cm³/mol. The molecule has 4 rings (SSSR count). The molecule has 160 valence electrons. The number of carbonyl (C=O) groups is 1. The van der Waals surface area contributed by atoms with Crippen LogP contribution in [0.5, 0.6) is 0 Å². The number of carbonyl (C=O) groups excluding carboxylic acids is 1. The Morgan fingerprint density at radius 3 is 2.87 bits per heavy atom. The van der Waals surface area contributed by atoms with Crippen LogP contribution in [0.2, 0.25) is 0 Å². The molecule has 0 spiro atoms. The van der Waals surface area contributed by atoms with Gasteiger partial charge in [0.15, 0.2) is 0 Å². The van der Waals surface area contributed by atoms with Gasteiger partial charge in [0.25, 0.3) is 0 Å². The number of piperidine rings is 1. The Bertz CT molecular complexity index is 868. The molecule has 3 N–H and O–H groups in total. The fourth-order valence-electron chi connectivity index (χ4n) is 3.83. The maximum Gasteiger partial charge on any atom is 0.229 e. The molecule has 4 heterocycles. The summed E-state index contributed by atoms with van der Waals surface area (Å²) in [5, 5.41) is 17.4. The van der Waals surface area contributed by atoms with Gasteiger partial charge in [0.2, 0.25) is 5.91 Å². The Morgan fingerprint density at radius 1 is 1.20 bits per heavy atom. The Hall–Kier alpha value is -2.65. The highest BCUT2D eigenvalue weighted by atomic mass is 19.1. The second kappa shape index (κ2) is 9.90. The molecular weight excluding hydrogens is 387 g/mol. The largest absolute Gasteiger partial charge is 0.381 e. The second-order valence-corrected chi connectivity index (χ2v) is 7.85. The van der Waals surface area contributed by atoms with Crippen molar-refractivity contribution in [2.45, 2.75) is 25.7 Å². The average molecular weight is 414 g/mol. The summed E-state index contributed by atoms with van der Waals surface area (Å²) in [4.78, 5) is 16.5. The molecule has 2 aliphatic rings. The van der Waals surface area contributed by atoms with Crippen molar-refractivity contribution in [2.24, 2.45) is 11.8 Å². The van der Waals surface area contributed by atoms with Gasteiger partial charge in [-0.2, -0.15) is 5.10 Å². The van der Waals surface area contributed by atoms with Crippen LogP contribution in [-0.4, -0.2) is 53.9 Å². The molecule has 1 atom stereocenters. The van der Waals surface area contributed by atoms with E-state index in [0.29, 0.717) is 35.2 Å². The number of nitrogens with zero attached hydrogens (tertiary/aromatic N) is 3. The molecule has 0 aliphatic carbocycles. The monoisotopic (exact) mass is 414 g/mol. The first-order valence-electron chi connectivity index (χ1n) is 10.5. The van der Waals surface area contributed by atoms with Gasteiger partial charge in [-0.25, -0.2) is 9.37 Å². The average Bonchev–Trinajstić information content (AvgIpc) is 2.80. The van der Waals surface area contributed by atoms with Gasteiger partial charge in [0, 0.05) is 37.4 Å². The van der Waals surface area contributed by atoms with E-state index in [9.17, 15) is 9.18 Å². The number of hydrogen-bond donors (Lipinski definition) is 3. The van der Waals surface area contributed by atoms with Crippen LogP contribution in [0.3, 0.4) is 0 Å². The van der Waals surface area contributed by atoms with Crippen molar-refractivity contribution in [3.63, 3.8) is 0 Å². The minimum Gasteiger partial charge on any atom is -0.381 e. The van der Waals surface area contributed by atoms with E-state index in [4.69, 9.17) is 4.74 Å². The van der Waals surface area contributed by atoms with Crippen LogP contribution in [0.25, 0.3) is 11.1 Å². The van der Waals surface area contributed by atoms with Crippen LogP contribution in [-0.2, 0) is 9.53 Å². The molecule has 2 aromatic rings. The summed E-state index contributed by atoms with van der Waals surface area (Å²) in [6.45, 7) is 3.92. The van der Waals surface area contributed by atoms with Crippen molar-refractivity contribution in [1.82, 2.24) is 20.5 Å². The van der Waals surface area contributed by atoms with Crippen LogP contribution in [0.1, 0.15) is 25.7 Å². The molecule has 30 heavy (non-hydrogen) atoms. The van der Waals surface area contributed by atoms with Gasteiger partial charge in [-0.1, -0.05) is 0 Å². The van der Waals surface area contributed by atoms with E-state index >= 15 is 0 Å². The highest BCUT2D eigenvalue weighted by Gasteiger charge is 2.22. The van der Waals surface area contributed by atoms with Crippen molar-refractivity contribution in [2.75, 3.05) is 43.5 Å². The quantitative estimate of drug-likeness (QED) is 0.667. The van der Waals surface area contributed by atoms with Gasteiger partial charge in [-0.15, -0.1) is 5.10 Å². The van der Waals surface area contributed by atoms with Gasteiger partial charge < -0.3 is 20.7 Å². The van der Waals surface area contributed by atoms with Crippen LogP contribution in [0.15, 0.2) is 24.5 Å². The minimum absolute atomic E-state index is 0.0982. The predicted octanol–water partition coefficient (Wildman–Crippen LogP) is 2.45. The van der Waals surface area contributed by atoms with Crippen molar-refractivity contribution < 1.29 is 13.9 Å². The maximum absolute atomic E-state index is 14.5. The molecule has 0 saturated carbocycles. The second-order valence-electron chi connectivity index (χ2n) is 7.85. The van der Waals surface area contributed by atoms with E-state index in [1.54, 1.807) is 12.1 Å². The van der Waals surface area contributed by atoms with Gasteiger partial charge in [-0.05, 0) is 50.3 Å². The van der Waals surface area contributed by atoms with Crippen molar-refractivity contribution in [3.8, 4) is 11.1 Å². The molecule has 2 fully saturated rings. The van der Waals surface area contributed by atoms with E-state index in [0.717, 1.165) is 58.2 Å². The summed E-state index contributed by atoms with van der Waals surface area (Å²) < 4.78 is 19.9.